The molecule has 1 atom stereocenters. The van der Waals surface area contributed by atoms with Gasteiger partial charge in [0, 0.05) is 15.0 Å². The predicted octanol–water partition coefficient (Wildman–Crippen LogP) is 4.42. The number of carboxylic acid groups (broad SMARTS) is 1. The van der Waals surface area contributed by atoms with Gasteiger partial charge in [-0.05, 0) is 47.0 Å². The van der Waals surface area contributed by atoms with E-state index in [9.17, 15) is 4.79 Å². The Labute approximate surface area is 132 Å². The first kappa shape index (κ1) is 13.9. The van der Waals surface area contributed by atoms with Crippen LogP contribution in [-0.4, -0.2) is 16.1 Å². The fourth-order valence-corrected chi connectivity index (χ4v) is 3.77. The maximum atomic E-state index is 11.1. The maximum Gasteiger partial charge on any atom is 0.312 e. The number of aliphatic carboxylic acids is 1. The number of hydrogen-bond acceptors (Lipinski definition) is 4. The van der Waals surface area contributed by atoms with Gasteiger partial charge in [0.25, 0.3) is 0 Å². The van der Waals surface area contributed by atoms with Crippen molar-refractivity contribution in [2.75, 3.05) is 5.32 Å². The molecule has 0 radical (unpaired) electrons. The van der Waals surface area contributed by atoms with E-state index in [-0.39, 0.29) is 0 Å². The van der Waals surface area contributed by atoms with Crippen LogP contribution in [0.1, 0.15) is 22.9 Å². The molecule has 0 saturated heterocycles. The quantitative estimate of drug-likeness (QED) is 0.836. The van der Waals surface area contributed by atoms with E-state index in [1.165, 1.54) is 11.3 Å². The second-order valence-corrected chi connectivity index (χ2v) is 6.86. The van der Waals surface area contributed by atoms with Gasteiger partial charge in [-0.15, -0.1) is 11.3 Å². The number of aromatic nitrogens is 1. The fraction of sp³-hybridized carbons (Fsp3) is 0.231. The number of halogens is 2. The minimum Gasteiger partial charge on any atom is -0.481 e. The molecule has 1 heterocycles. The third kappa shape index (κ3) is 2.55. The van der Waals surface area contributed by atoms with Gasteiger partial charge < -0.3 is 10.4 Å². The highest BCUT2D eigenvalue weighted by atomic mass is 79.9. The van der Waals surface area contributed by atoms with Crippen molar-refractivity contribution in [1.82, 2.24) is 4.98 Å². The number of thiazole rings is 1. The molecule has 1 aromatic heterocycles. The highest BCUT2D eigenvalue weighted by molar-refractivity contribution is 9.10. The summed E-state index contributed by atoms with van der Waals surface area (Å²) in [7, 11) is 0. The van der Waals surface area contributed by atoms with Crippen molar-refractivity contribution in [2.24, 2.45) is 0 Å². The average molecular weight is 374 g/mol. The number of nitrogens with zero attached hydrogens (tertiary/aromatic N) is 1. The van der Waals surface area contributed by atoms with E-state index >= 15 is 0 Å². The number of carbonyl (C=O) groups is 1. The van der Waals surface area contributed by atoms with E-state index in [1.807, 2.05) is 12.1 Å². The molecule has 0 aliphatic heterocycles. The van der Waals surface area contributed by atoms with Crippen LogP contribution in [0.15, 0.2) is 22.7 Å². The van der Waals surface area contributed by atoms with E-state index in [1.54, 1.807) is 6.07 Å². The van der Waals surface area contributed by atoms with Gasteiger partial charge >= 0.3 is 5.97 Å². The molecule has 4 nitrogen and oxygen atoms in total. The molecule has 2 aromatic rings. The predicted molar refractivity (Wildman–Crippen MR) is 83.2 cm³/mol. The molecule has 0 saturated carbocycles. The second kappa shape index (κ2) is 5.35. The highest BCUT2D eigenvalue weighted by Crippen LogP contribution is 2.39. The summed E-state index contributed by atoms with van der Waals surface area (Å²) in [5, 5.41) is 13.7. The Bertz CT molecular complexity index is 689. The SMILES string of the molecule is O=C(O)C1CCc2sc(Nc3ccc(Cl)c(Br)c3)nc21. The lowest BCUT2D eigenvalue weighted by molar-refractivity contribution is -0.138. The van der Waals surface area contributed by atoms with Crippen LogP contribution in [0.5, 0.6) is 0 Å². The molecule has 3 rings (SSSR count). The fourth-order valence-electron chi connectivity index (χ4n) is 2.22. The zero-order chi connectivity index (χ0) is 14.3. The Morgan fingerprint density at radius 3 is 3.05 bits per heavy atom. The number of carboxylic acids is 1. The summed E-state index contributed by atoms with van der Waals surface area (Å²) >= 11 is 10.8. The first-order valence-corrected chi connectivity index (χ1v) is 7.98. The second-order valence-electron chi connectivity index (χ2n) is 4.51. The van der Waals surface area contributed by atoms with Crippen LogP contribution in [0.3, 0.4) is 0 Å². The van der Waals surface area contributed by atoms with Crippen molar-refractivity contribution >= 4 is 55.7 Å². The standard InChI is InChI=1S/C13H10BrClN2O2S/c14-8-5-6(1-3-9(8)15)16-13-17-11-7(12(18)19)2-4-10(11)20-13/h1,3,5,7H,2,4H2,(H,16,17)(H,18,19). The molecule has 0 amide bonds. The molecule has 0 bridgehead atoms. The molecule has 104 valence electrons. The lowest BCUT2D eigenvalue weighted by atomic mass is 10.1. The molecule has 0 fully saturated rings. The largest absolute Gasteiger partial charge is 0.481 e. The molecular formula is C13H10BrClN2O2S. The molecule has 20 heavy (non-hydrogen) atoms. The summed E-state index contributed by atoms with van der Waals surface area (Å²) in [6.45, 7) is 0. The maximum absolute atomic E-state index is 11.1. The van der Waals surface area contributed by atoms with Gasteiger partial charge in [0.1, 0.15) is 5.92 Å². The Morgan fingerprint density at radius 1 is 1.55 bits per heavy atom. The van der Waals surface area contributed by atoms with Gasteiger partial charge in [0.05, 0.1) is 10.7 Å². The molecular weight excluding hydrogens is 364 g/mol. The van der Waals surface area contributed by atoms with Crippen LogP contribution in [0, 0.1) is 0 Å². The molecule has 1 aliphatic carbocycles. The van der Waals surface area contributed by atoms with Gasteiger partial charge in [0.15, 0.2) is 5.13 Å². The number of aryl methyl sites for hydroxylation is 1. The summed E-state index contributed by atoms with van der Waals surface area (Å²) in [5.74, 6) is -1.26. The number of hydrogen-bond donors (Lipinski definition) is 2. The zero-order valence-electron chi connectivity index (χ0n) is 10.2. The third-order valence-electron chi connectivity index (χ3n) is 3.19. The zero-order valence-corrected chi connectivity index (χ0v) is 13.3. The lowest BCUT2D eigenvalue weighted by Crippen LogP contribution is -2.08. The topological polar surface area (TPSA) is 62.2 Å². The summed E-state index contributed by atoms with van der Waals surface area (Å²) in [5.41, 5.74) is 1.57. The summed E-state index contributed by atoms with van der Waals surface area (Å²) in [6.07, 6.45) is 1.44. The van der Waals surface area contributed by atoms with Crippen molar-refractivity contribution in [3.63, 3.8) is 0 Å². The molecule has 1 aromatic carbocycles. The van der Waals surface area contributed by atoms with Gasteiger partial charge in [-0.1, -0.05) is 11.6 Å². The number of anilines is 2. The van der Waals surface area contributed by atoms with E-state index in [2.05, 4.69) is 26.2 Å². The van der Waals surface area contributed by atoms with Crippen LogP contribution in [0.4, 0.5) is 10.8 Å². The number of fused-ring (bicyclic) bond motifs is 1. The van der Waals surface area contributed by atoms with E-state index < -0.39 is 11.9 Å². The molecule has 2 N–H and O–H groups in total. The lowest BCUT2D eigenvalue weighted by Gasteiger charge is -2.05. The third-order valence-corrected chi connectivity index (χ3v) is 5.45. The van der Waals surface area contributed by atoms with Crippen molar-refractivity contribution in [3.8, 4) is 0 Å². The number of rotatable bonds is 3. The first-order chi connectivity index (χ1) is 9.54. The van der Waals surface area contributed by atoms with Crippen LogP contribution in [0.2, 0.25) is 5.02 Å². The molecule has 1 unspecified atom stereocenters. The Hall–Kier alpha value is -1.11. The summed E-state index contributed by atoms with van der Waals surface area (Å²) in [4.78, 5) is 16.6. The van der Waals surface area contributed by atoms with Gasteiger partial charge in [-0.3, -0.25) is 4.79 Å². The molecule has 1 aliphatic rings. The van der Waals surface area contributed by atoms with Crippen LogP contribution in [-0.2, 0) is 11.2 Å². The number of nitrogens with one attached hydrogen (secondary N) is 1. The van der Waals surface area contributed by atoms with Crippen LogP contribution < -0.4 is 5.32 Å². The van der Waals surface area contributed by atoms with Crippen molar-refractivity contribution in [3.05, 3.63) is 38.3 Å². The van der Waals surface area contributed by atoms with Crippen molar-refractivity contribution in [1.29, 1.82) is 0 Å². The Kier molecular flexibility index (Phi) is 3.70. The summed E-state index contributed by atoms with van der Waals surface area (Å²) < 4.78 is 0.802. The Balaban J connectivity index is 1.84. The Morgan fingerprint density at radius 2 is 2.35 bits per heavy atom. The van der Waals surface area contributed by atoms with Crippen LogP contribution >= 0.6 is 38.9 Å². The first-order valence-electron chi connectivity index (χ1n) is 5.99. The molecule has 0 spiro atoms. The smallest absolute Gasteiger partial charge is 0.312 e. The minimum atomic E-state index is -0.796. The van der Waals surface area contributed by atoms with Gasteiger partial charge in [0.2, 0.25) is 0 Å². The van der Waals surface area contributed by atoms with Gasteiger partial charge in [-0.2, -0.15) is 0 Å². The monoisotopic (exact) mass is 372 g/mol. The number of benzene rings is 1. The summed E-state index contributed by atoms with van der Waals surface area (Å²) in [6, 6.07) is 5.51. The average Bonchev–Trinajstić information content (AvgIpc) is 2.93. The molecule has 7 heteroatoms. The van der Waals surface area contributed by atoms with Crippen molar-refractivity contribution in [2.45, 2.75) is 18.8 Å². The van der Waals surface area contributed by atoms with E-state index in [4.69, 9.17) is 16.7 Å². The highest BCUT2D eigenvalue weighted by Gasteiger charge is 2.32. The van der Waals surface area contributed by atoms with Crippen LogP contribution in [0.25, 0.3) is 0 Å². The minimum absolute atomic E-state index is 0.464. The van der Waals surface area contributed by atoms with Gasteiger partial charge in [-0.25, -0.2) is 4.98 Å². The van der Waals surface area contributed by atoms with E-state index in [0.29, 0.717) is 17.1 Å². The normalized spacial score (nSPS) is 17.0. The van der Waals surface area contributed by atoms with E-state index in [0.717, 1.165) is 26.6 Å². The van der Waals surface area contributed by atoms with Crippen molar-refractivity contribution < 1.29 is 9.90 Å².